The normalized spacial score (nSPS) is 26.4. The monoisotopic (exact) mass is 213 g/mol. The summed E-state index contributed by atoms with van der Waals surface area (Å²) in [5.41, 5.74) is 0. The molecule has 1 heterocycles. The van der Waals surface area contributed by atoms with Gasteiger partial charge in [0.15, 0.2) is 5.15 Å². The Morgan fingerprint density at radius 1 is 1.36 bits per heavy atom. The Morgan fingerprint density at radius 3 is 2.79 bits per heavy atom. The molecule has 0 aromatic carbocycles. The van der Waals surface area contributed by atoms with Gasteiger partial charge in [0.25, 0.3) is 0 Å². The number of nitrogens with zero attached hydrogens (tertiary/aromatic N) is 2. The summed E-state index contributed by atoms with van der Waals surface area (Å²) >= 11 is 5.61. The second kappa shape index (κ2) is 4.11. The molecule has 0 saturated heterocycles. The summed E-state index contributed by atoms with van der Waals surface area (Å²) in [7, 11) is 0. The quantitative estimate of drug-likeness (QED) is 0.781. The Bertz CT molecular complexity index is 303. The predicted octanol–water partition coefficient (Wildman–Crippen LogP) is 1.46. The molecule has 1 saturated carbocycles. The number of anilines is 1. The van der Waals surface area contributed by atoms with E-state index in [1.807, 2.05) is 0 Å². The van der Waals surface area contributed by atoms with Crippen LogP contribution >= 0.6 is 11.6 Å². The third-order valence-corrected chi connectivity index (χ3v) is 2.65. The first-order chi connectivity index (χ1) is 6.75. The molecule has 0 bridgehead atoms. The molecule has 1 aromatic rings. The van der Waals surface area contributed by atoms with Gasteiger partial charge in [0.2, 0.25) is 0 Å². The van der Waals surface area contributed by atoms with Gasteiger partial charge in [0.1, 0.15) is 5.82 Å². The first-order valence-corrected chi connectivity index (χ1v) is 5.07. The largest absolute Gasteiger partial charge is 0.391 e. The van der Waals surface area contributed by atoms with Crippen molar-refractivity contribution in [3.8, 4) is 0 Å². The van der Waals surface area contributed by atoms with Gasteiger partial charge < -0.3 is 10.4 Å². The minimum absolute atomic E-state index is 0.102. The molecule has 0 radical (unpaired) electrons. The maximum Gasteiger partial charge on any atom is 0.151 e. The lowest BCUT2D eigenvalue weighted by atomic mass is 10.2. The molecule has 0 spiro atoms. The van der Waals surface area contributed by atoms with Crippen LogP contribution in [-0.4, -0.2) is 27.4 Å². The smallest absolute Gasteiger partial charge is 0.151 e. The fraction of sp³-hybridized carbons (Fsp3) is 0.556. The van der Waals surface area contributed by atoms with Gasteiger partial charge in [0.05, 0.1) is 12.1 Å². The number of nitrogens with one attached hydrogen (secondary N) is 1. The van der Waals surface area contributed by atoms with Gasteiger partial charge in [-0.2, -0.15) is 0 Å². The highest BCUT2D eigenvalue weighted by molar-refractivity contribution is 6.29. The first-order valence-electron chi connectivity index (χ1n) is 4.69. The predicted molar refractivity (Wildman–Crippen MR) is 54.3 cm³/mol. The highest BCUT2D eigenvalue weighted by Gasteiger charge is 2.25. The molecule has 2 rings (SSSR count). The molecule has 0 unspecified atom stereocenters. The van der Waals surface area contributed by atoms with Gasteiger partial charge >= 0.3 is 0 Å². The number of aliphatic hydroxyl groups is 1. The minimum atomic E-state index is -0.271. The second-order valence-corrected chi connectivity index (χ2v) is 3.88. The van der Waals surface area contributed by atoms with Crippen LogP contribution in [0.1, 0.15) is 19.3 Å². The lowest BCUT2D eigenvalue weighted by Gasteiger charge is -2.16. The van der Waals surface area contributed by atoms with E-state index in [0.29, 0.717) is 11.0 Å². The van der Waals surface area contributed by atoms with Gasteiger partial charge in [-0.25, -0.2) is 0 Å². The summed E-state index contributed by atoms with van der Waals surface area (Å²) < 4.78 is 0. The lowest BCUT2D eigenvalue weighted by Crippen LogP contribution is -2.28. The zero-order valence-electron chi connectivity index (χ0n) is 7.65. The van der Waals surface area contributed by atoms with E-state index in [0.717, 1.165) is 19.3 Å². The second-order valence-electron chi connectivity index (χ2n) is 3.49. The zero-order valence-corrected chi connectivity index (χ0v) is 8.41. The van der Waals surface area contributed by atoms with Gasteiger partial charge in [-0.1, -0.05) is 11.6 Å². The number of hydrogen-bond donors (Lipinski definition) is 2. The summed E-state index contributed by atoms with van der Waals surface area (Å²) in [6.07, 6.45) is 2.62. The summed E-state index contributed by atoms with van der Waals surface area (Å²) in [5.74, 6) is 0.667. The average Bonchev–Trinajstić information content (AvgIpc) is 2.56. The van der Waals surface area contributed by atoms with Crippen molar-refractivity contribution < 1.29 is 5.11 Å². The number of aliphatic hydroxyl groups excluding tert-OH is 1. The van der Waals surface area contributed by atoms with Crippen LogP contribution in [0.5, 0.6) is 0 Å². The van der Waals surface area contributed by atoms with Crippen molar-refractivity contribution >= 4 is 17.4 Å². The summed E-state index contributed by atoms with van der Waals surface area (Å²) in [6.45, 7) is 0. The van der Waals surface area contributed by atoms with Crippen molar-refractivity contribution in [2.45, 2.75) is 31.4 Å². The Labute approximate surface area is 87.3 Å². The van der Waals surface area contributed by atoms with Crippen LogP contribution in [0.25, 0.3) is 0 Å². The maximum atomic E-state index is 9.57. The van der Waals surface area contributed by atoms with E-state index >= 15 is 0 Å². The standard InChI is InChI=1S/C9H12ClN3O/c10-8-4-5-9(13-12-8)11-6-2-1-3-7(6)14/h4-7,14H,1-3H2,(H,11,13)/t6-,7-/m1/s1. The van der Waals surface area contributed by atoms with E-state index in [2.05, 4.69) is 15.5 Å². The molecule has 2 atom stereocenters. The molecule has 5 heteroatoms. The molecule has 14 heavy (non-hydrogen) atoms. The van der Waals surface area contributed by atoms with Crippen LogP contribution in [0.3, 0.4) is 0 Å². The van der Waals surface area contributed by atoms with Crippen molar-refractivity contribution in [1.82, 2.24) is 10.2 Å². The Hall–Kier alpha value is -0.870. The van der Waals surface area contributed by atoms with Crippen LogP contribution in [0.4, 0.5) is 5.82 Å². The van der Waals surface area contributed by atoms with Crippen molar-refractivity contribution in [1.29, 1.82) is 0 Å². The fourth-order valence-electron chi connectivity index (χ4n) is 1.69. The van der Waals surface area contributed by atoms with Crippen LogP contribution in [-0.2, 0) is 0 Å². The minimum Gasteiger partial charge on any atom is -0.391 e. The van der Waals surface area contributed by atoms with Gasteiger partial charge in [0, 0.05) is 0 Å². The van der Waals surface area contributed by atoms with E-state index in [-0.39, 0.29) is 12.1 Å². The molecule has 76 valence electrons. The molecule has 1 aromatic heterocycles. The van der Waals surface area contributed by atoms with Gasteiger partial charge in [-0.05, 0) is 31.4 Å². The number of rotatable bonds is 2. The third kappa shape index (κ3) is 2.13. The van der Waals surface area contributed by atoms with E-state index in [9.17, 15) is 5.11 Å². The summed E-state index contributed by atoms with van der Waals surface area (Å²) in [4.78, 5) is 0. The van der Waals surface area contributed by atoms with Crippen molar-refractivity contribution in [2.75, 3.05) is 5.32 Å². The molecular formula is C9H12ClN3O. The van der Waals surface area contributed by atoms with E-state index < -0.39 is 0 Å². The van der Waals surface area contributed by atoms with Crippen molar-refractivity contribution in [3.05, 3.63) is 17.3 Å². The Kier molecular flexibility index (Phi) is 2.84. The molecule has 1 fully saturated rings. The number of hydrogen-bond acceptors (Lipinski definition) is 4. The fourth-order valence-corrected chi connectivity index (χ4v) is 1.79. The summed E-state index contributed by atoms with van der Waals surface area (Å²) in [5, 5.41) is 20.7. The zero-order chi connectivity index (χ0) is 9.97. The van der Waals surface area contributed by atoms with Crippen LogP contribution in [0, 0.1) is 0 Å². The number of aromatic nitrogens is 2. The molecular weight excluding hydrogens is 202 g/mol. The Balaban J connectivity index is 2.00. The SMILES string of the molecule is O[C@@H]1CCC[C@H]1Nc1ccc(Cl)nn1. The van der Waals surface area contributed by atoms with Crippen LogP contribution in [0.2, 0.25) is 5.15 Å². The molecule has 2 N–H and O–H groups in total. The van der Waals surface area contributed by atoms with Gasteiger partial charge in [-0.15, -0.1) is 10.2 Å². The average molecular weight is 214 g/mol. The first kappa shape index (κ1) is 9.68. The highest BCUT2D eigenvalue weighted by atomic mass is 35.5. The molecule has 1 aliphatic rings. The van der Waals surface area contributed by atoms with E-state index in [4.69, 9.17) is 11.6 Å². The molecule has 0 amide bonds. The van der Waals surface area contributed by atoms with Gasteiger partial charge in [-0.3, -0.25) is 0 Å². The molecule has 0 aliphatic heterocycles. The van der Waals surface area contributed by atoms with Crippen molar-refractivity contribution in [3.63, 3.8) is 0 Å². The molecule has 4 nitrogen and oxygen atoms in total. The lowest BCUT2D eigenvalue weighted by molar-refractivity contribution is 0.171. The highest BCUT2D eigenvalue weighted by Crippen LogP contribution is 2.22. The van der Waals surface area contributed by atoms with Crippen molar-refractivity contribution in [2.24, 2.45) is 0 Å². The summed E-state index contributed by atoms with van der Waals surface area (Å²) in [6, 6.07) is 3.55. The van der Waals surface area contributed by atoms with E-state index in [1.165, 1.54) is 0 Å². The molecule has 1 aliphatic carbocycles. The topological polar surface area (TPSA) is 58.0 Å². The van der Waals surface area contributed by atoms with Crippen LogP contribution in [0.15, 0.2) is 12.1 Å². The number of halogens is 1. The van der Waals surface area contributed by atoms with Crippen LogP contribution < -0.4 is 5.32 Å². The third-order valence-electron chi connectivity index (χ3n) is 2.44. The maximum absolute atomic E-state index is 9.57. The van der Waals surface area contributed by atoms with E-state index in [1.54, 1.807) is 12.1 Å². The Morgan fingerprint density at radius 2 is 2.21 bits per heavy atom.